The molecule has 3 N–H and O–H groups in total. The standard InChI is InChI=1S/C20H32N4O3.HI/c1-3-22-20(23-11-5-12-26-15-18-6-4-13-27-18)24-14-16-7-9-17(10-8-16)19(25)21-2;/h7-10,18H,3-6,11-15H2,1-2H3,(H,21,25)(H2,22,23,24);1H. The minimum absolute atomic E-state index is 0. The molecule has 8 heteroatoms. The van der Waals surface area contributed by atoms with Crippen molar-refractivity contribution in [2.75, 3.05) is 40.0 Å². The van der Waals surface area contributed by atoms with E-state index in [1.807, 2.05) is 31.2 Å². The summed E-state index contributed by atoms with van der Waals surface area (Å²) < 4.78 is 11.2. The van der Waals surface area contributed by atoms with Crippen molar-refractivity contribution in [1.82, 2.24) is 16.0 Å². The highest BCUT2D eigenvalue weighted by Crippen LogP contribution is 2.11. The van der Waals surface area contributed by atoms with Gasteiger partial charge in [-0.2, -0.15) is 0 Å². The summed E-state index contributed by atoms with van der Waals surface area (Å²) in [4.78, 5) is 16.2. The van der Waals surface area contributed by atoms with Gasteiger partial charge >= 0.3 is 0 Å². The van der Waals surface area contributed by atoms with Crippen LogP contribution in [0.25, 0.3) is 0 Å². The van der Waals surface area contributed by atoms with Gasteiger partial charge in [-0.3, -0.25) is 4.79 Å². The van der Waals surface area contributed by atoms with E-state index in [-0.39, 0.29) is 36.0 Å². The topological polar surface area (TPSA) is 84.0 Å². The number of hydrogen-bond acceptors (Lipinski definition) is 4. The summed E-state index contributed by atoms with van der Waals surface area (Å²) in [5.41, 5.74) is 1.71. The molecule has 1 unspecified atom stereocenters. The highest BCUT2D eigenvalue weighted by molar-refractivity contribution is 14.0. The molecular weight excluding hydrogens is 471 g/mol. The van der Waals surface area contributed by atoms with E-state index in [1.165, 1.54) is 0 Å². The fourth-order valence-corrected chi connectivity index (χ4v) is 2.79. The van der Waals surface area contributed by atoms with Gasteiger partial charge in [0.05, 0.1) is 19.3 Å². The Bertz CT molecular complexity index is 590. The molecule has 0 radical (unpaired) electrons. The van der Waals surface area contributed by atoms with Crippen molar-refractivity contribution in [3.05, 3.63) is 35.4 Å². The molecule has 0 aromatic heterocycles. The molecule has 0 saturated carbocycles. The molecule has 1 heterocycles. The Balaban J connectivity index is 0.00000392. The summed E-state index contributed by atoms with van der Waals surface area (Å²) in [5.74, 6) is 0.703. The summed E-state index contributed by atoms with van der Waals surface area (Å²) in [7, 11) is 1.63. The van der Waals surface area contributed by atoms with Crippen LogP contribution >= 0.6 is 24.0 Å². The van der Waals surface area contributed by atoms with Gasteiger partial charge in [-0.05, 0) is 43.9 Å². The zero-order valence-electron chi connectivity index (χ0n) is 16.8. The fourth-order valence-electron chi connectivity index (χ4n) is 2.79. The summed E-state index contributed by atoms with van der Waals surface area (Å²) >= 11 is 0. The smallest absolute Gasteiger partial charge is 0.251 e. The van der Waals surface area contributed by atoms with Gasteiger partial charge in [-0.15, -0.1) is 24.0 Å². The maximum absolute atomic E-state index is 11.6. The zero-order valence-corrected chi connectivity index (χ0v) is 19.2. The van der Waals surface area contributed by atoms with E-state index in [4.69, 9.17) is 9.47 Å². The minimum atomic E-state index is -0.0817. The fraction of sp³-hybridized carbons (Fsp3) is 0.600. The molecule has 1 aliphatic heterocycles. The molecule has 28 heavy (non-hydrogen) atoms. The third-order valence-corrected chi connectivity index (χ3v) is 4.29. The number of aliphatic imine (C=N–C) groups is 1. The molecule has 1 saturated heterocycles. The van der Waals surface area contributed by atoms with Gasteiger partial charge in [0.1, 0.15) is 0 Å². The number of carbonyl (C=O) groups excluding carboxylic acids is 1. The third kappa shape index (κ3) is 9.20. The second kappa shape index (κ2) is 14.6. The molecule has 1 aliphatic rings. The lowest BCUT2D eigenvalue weighted by Crippen LogP contribution is -2.38. The van der Waals surface area contributed by atoms with Crippen LogP contribution in [0.2, 0.25) is 0 Å². The van der Waals surface area contributed by atoms with Crippen LogP contribution in [0.1, 0.15) is 42.1 Å². The SMILES string of the molecule is CCNC(=NCc1ccc(C(=O)NC)cc1)NCCCOCC1CCCO1.I. The van der Waals surface area contributed by atoms with Crippen molar-refractivity contribution in [1.29, 1.82) is 0 Å². The van der Waals surface area contributed by atoms with E-state index in [2.05, 4.69) is 20.9 Å². The summed E-state index contributed by atoms with van der Waals surface area (Å²) in [6, 6.07) is 7.48. The van der Waals surface area contributed by atoms with Gasteiger partial charge in [-0.25, -0.2) is 4.99 Å². The monoisotopic (exact) mass is 504 g/mol. The Labute approximate surface area is 185 Å². The zero-order chi connectivity index (χ0) is 19.3. The predicted octanol–water partition coefficient (Wildman–Crippen LogP) is 2.31. The molecule has 1 aromatic rings. The molecule has 2 rings (SSSR count). The van der Waals surface area contributed by atoms with E-state index in [0.29, 0.717) is 25.3 Å². The number of amides is 1. The van der Waals surface area contributed by atoms with E-state index < -0.39 is 0 Å². The minimum Gasteiger partial charge on any atom is -0.379 e. The Hall–Kier alpha value is -1.39. The van der Waals surface area contributed by atoms with Crippen molar-refractivity contribution in [3.63, 3.8) is 0 Å². The Kier molecular flexibility index (Phi) is 12.8. The quantitative estimate of drug-likeness (QED) is 0.197. The number of carbonyl (C=O) groups is 1. The van der Waals surface area contributed by atoms with Crippen LogP contribution in [-0.2, 0) is 16.0 Å². The normalized spacial score (nSPS) is 16.4. The maximum atomic E-state index is 11.6. The number of nitrogens with one attached hydrogen (secondary N) is 3. The lowest BCUT2D eigenvalue weighted by Gasteiger charge is -2.12. The van der Waals surface area contributed by atoms with Crippen molar-refractivity contribution in [3.8, 4) is 0 Å². The molecule has 7 nitrogen and oxygen atoms in total. The largest absolute Gasteiger partial charge is 0.379 e. The van der Waals surface area contributed by atoms with Crippen molar-refractivity contribution in [2.24, 2.45) is 4.99 Å². The first-order chi connectivity index (χ1) is 13.2. The van der Waals surface area contributed by atoms with Crippen molar-refractivity contribution >= 4 is 35.8 Å². The average molecular weight is 504 g/mol. The summed E-state index contributed by atoms with van der Waals surface area (Å²) in [6.45, 7) is 6.48. The van der Waals surface area contributed by atoms with Crippen molar-refractivity contribution in [2.45, 2.75) is 38.8 Å². The van der Waals surface area contributed by atoms with Gasteiger partial charge in [0.2, 0.25) is 0 Å². The van der Waals surface area contributed by atoms with E-state index in [0.717, 1.165) is 50.5 Å². The molecule has 0 spiro atoms. The Morgan fingerprint density at radius 2 is 2.07 bits per heavy atom. The average Bonchev–Trinajstić information content (AvgIpc) is 3.22. The molecule has 158 valence electrons. The predicted molar refractivity (Wildman–Crippen MR) is 122 cm³/mol. The summed E-state index contributed by atoms with van der Waals surface area (Å²) in [6.07, 6.45) is 3.45. The molecule has 0 bridgehead atoms. The van der Waals surface area contributed by atoms with Crippen LogP contribution in [-0.4, -0.2) is 57.9 Å². The van der Waals surface area contributed by atoms with Crippen LogP contribution < -0.4 is 16.0 Å². The number of benzene rings is 1. The highest BCUT2D eigenvalue weighted by Gasteiger charge is 2.14. The van der Waals surface area contributed by atoms with Crippen molar-refractivity contribution < 1.29 is 14.3 Å². The van der Waals surface area contributed by atoms with E-state index in [1.54, 1.807) is 7.05 Å². The molecule has 1 aromatic carbocycles. The molecule has 1 atom stereocenters. The molecule has 1 fully saturated rings. The first-order valence-electron chi connectivity index (χ1n) is 9.75. The first-order valence-corrected chi connectivity index (χ1v) is 9.75. The van der Waals surface area contributed by atoms with Gasteiger partial charge in [0.15, 0.2) is 5.96 Å². The lowest BCUT2D eigenvalue weighted by molar-refractivity contribution is 0.0168. The van der Waals surface area contributed by atoms with Gasteiger partial charge in [-0.1, -0.05) is 12.1 Å². The molecule has 1 amide bonds. The summed E-state index contributed by atoms with van der Waals surface area (Å²) in [5, 5.41) is 9.18. The second-order valence-electron chi connectivity index (χ2n) is 6.46. The van der Waals surface area contributed by atoms with Gasteiger partial charge in [0, 0.05) is 38.9 Å². The van der Waals surface area contributed by atoms with Gasteiger partial charge in [0.25, 0.3) is 5.91 Å². The third-order valence-electron chi connectivity index (χ3n) is 4.29. The van der Waals surface area contributed by atoms with Crippen LogP contribution in [0.4, 0.5) is 0 Å². The van der Waals surface area contributed by atoms with Crippen LogP contribution in [0.5, 0.6) is 0 Å². The second-order valence-corrected chi connectivity index (χ2v) is 6.46. The molecule has 0 aliphatic carbocycles. The number of rotatable bonds is 10. The lowest BCUT2D eigenvalue weighted by atomic mass is 10.1. The van der Waals surface area contributed by atoms with E-state index in [9.17, 15) is 4.79 Å². The molecular formula is C20H33IN4O3. The van der Waals surface area contributed by atoms with Crippen LogP contribution in [0.15, 0.2) is 29.3 Å². The Morgan fingerprint density at radius 3 is 2.71 bits per heavy atom. The maximum Gasteiger partial charge on any atom is 0.251 e. The number of ether oxygens (including phenoxy) is 2. The number of hydrogen-bond donors (Lipinski definition) is 3. The van der Waals surface area contributed by atoms with Crippen LogP contribution in [0.3, 0.4) is 0 Å². The first kappa shape index (κ1) is 24.6. The van der Waals surface area contributed by atoms with Crippen LogP contribution in [0, 0.1) is 0 Å². The number of halogens is 1. The highest BCUT2D eigenvalue weighted by atomic mass is 127. The van der Waals surface area contributed by atoms with E-state index >= 15 is 0 Å². The Morgan fingerprint density at radius 1 is 1.29 bits per heavy atom. The van der Waals surface area contributed by atoms with Gasteiger partial charge < -0.3 is 25.4 Å². The number of nitrogens with zero attached hydrogens (tertiary/aromatic N) is 1. The number of guanidine groups is 1.